The highest BCUT2D eigenvalue weighted by Gasteiger charge is 2.21. The van der Waals surface area contributed by atoms with Crippen molar-refractivity contribution in [2.75, 3.05) is 17.9 Å². The number of para-hydroxylation sites is 1. The SMILES string of the molecule is Cn1ncc2cccc(NS(=O)(=O)c3cnn(-c4cc(C5CCOCC5)ccn4)c3)c21. The number of ether oxygens (including phenoxy) is 1. The summed E-state index contributed by atoms with van der Waals surface area (Å²) in [5, 5.41) is 9.30. The third-order valence-corrected chi connectivity index (χ3v) is 6.89. The van der Waals surface area contributed by atoms with Gasteiger partial charge in [0.05, 0.1) is 29.8 Å². The molecule has 0 bridgehead atoms. The molecule has 4 heterocycles. The molecular weight excluding hydrogens is 416 g/mol. The lowest BCUT2D eigenvalue weighted by atomic mass is 9.92. The maximum Gasteiger partial charge on any atom is 0.265 e. The van der Waals surface area contributed by atoms with Crippen LogP contribution < -0.4 is 4.72 Å². The first-order valence-corrected chi connectivity index (χ1v) is 11.5. The van der Waals surface area contributed by atoms with Gasteiger partial charge >= 0.3 is 0 Å². The van der Waals surface area contributed by atoms with E-state index in [1.54, 1.807) is 36.3 Å². The van der Waals surface area contributed by atoms with Crippen molar-refractivity contribution in [1.29, 1.82) is 0 Å². The normalized spacial score (nSPS) is 15.4. The van der Waals surface area contributed by atoms with Crippen LogP contribution in [0.1, 0.15) is 24.3 Å². The number of rotatable bonds is 5. The number of hydrogen-bond donors (Lipinski definition) is 1. The Kier molecular flexibility index (Phi) is 4.95. The third kappa shape index (κ3) is 3.79. The molecule has 10 heteroatoms. The lowest BCUT2D eigenvalue weighted by molar-refractivity contribution is 0.0853. The number of anilines is 1. The first kappa shape index (κ1) is 19.7. The van der Waals surface area contributed by atoms with E-state index in [0.29, 0.717) is 22.9 Å². The molecule has 3 aromatic heterocycles. The van der Waals surface area contributed by atoms with Crippen LogP contribution in [0.25, 0.3) is 16.7 Å². The fourth-order valence-electron chi connectivity index (χ4n) is 3.93. The maximum atomic E-state index is 13.0. The summed E-state index contributed by atoms with van der Waals surface area (Å²) in [5.74, 6) is 0.995. The Balaban J connectivity index is 1.43. The number of nitrogens with one attached hydrogen (secondary N) is 1. The van der Waals surface area contributed by atoms with Crippen molar-refractivity contribution in [3.63, 3.8) is 0 Å². The van der Waals surface area contributed by atoms with E-state index in [0.717, 1.165) is 37.0 Å². The lowest BCUT2D eigenvalue weighted by Crippen LogP contribution is -2.14. The Labute approximate surface area is 179 Å². The van der Waals surface area contributed by atoms with E-state index in [1.807, 2.05) is 18.2 Å². The molecule has 1 N–H and O–H groups in total. The van der Waals surface area contributed by atoms with Gasteiger partial charge in [-0.2, -0.15) is 10.2 Å². The van der Waals surface area contributed by atoms with E-state index >= 15 is 0 Å². The topological polar surface area (TPSA) is 104 Å². The smallest absolute Gasteiger partial charge is 0.265 e. The van der Waals surface area contributed by atoms with Crippen LogP contribution >= 0.6 is 0 Å². The van der Waals surface area contributed by atoms with Crippen molar-refractivity contribution in [3.05, 3.63) is 60.7 Å². The van der Waals surface area contributed by atoms with Gasteiger partial charge in [0.15, 0.2) is 5.82 Å². The summed E-state index contributed by atoms with van der Waals surface area (Å²) in [7, 11) is -2.06. The predicted octanol–water partition coefficient (Wildman–Crippen LogP) is 2.85. The quantitative estimate of drug-likeness (QED) is 0.514. The van der Waals surface area contributed by atoms with Crippen molar-refractivity contribution in [2.24, 2.45) is 7.05 Å². The number of benzene rings is 1. The summed E-state index contributed by atoms with van der Waals surface area (Å²) in [5.41, 5.74) is 2.34. The van der Waals surface area contributed by atoms with Crippen LogP contribution in [-0.2, 0) is 21.8 Å². The van der Waals surface area contributed by atoms with E-state index in [1.165, 1.54) is 17.1 Å². The molecule has 0 saturated carbocycles. The molecule has 0 atom stereocenters. The van der Waals surface area contributed by atoms with E-state index in [9.17, 15) is 8.42 Å². The highest BCUT2D eigenvalue weighted by Crippen LogP contribution is 2.28. The monoisotopic (exact) mass is 438 g/mol. The van der Waals surface area contributed by atoms with E-state index in [-0.39, 0.29) is 4.90 Å². The molecule has 1 saturated heterocycles. The minimum absolute atomic E-state index is 0.0601. The molecule has 0 aliphatic carbocycles. The van der Waals surface area contributed by atoms with Crippen molar-refractivity contribution in [2.45, 2.75) is 23.7 Å². The molecule has 5 rings (SSSR count). The van der Waals surface area contributed by atoms with Crippen LogP contribution in [0.3, 0.4) is 0 Å². The number of fused-ring (bicyclic) bond motifs is 1. The van der Waals surface area contributed by atoms with Gasteiger partial charge in [0.1, 0.15) is 4.90 Å². The second-order valence-electron chi connectivity index (χ2n) is 7.57. The summed E-state index contributed by atoms with van der Waals surface area (Å²) in [4.78, 5) is 4.43. The number of sulfonamides is 1. The van der Waals surface area contributed by atoms with Gasteiger partial charge in [0.2, 0.25) is 0 Å². The zero-order chi connectivity index (χ0) is 21.4. The van der Waals surface area contributed by atoms with Gasteiger partial charge < -0.3 is 4.74 Å². The number of aryl methyl sites for hydroxylation is 1. The second-order valence-corrected chi connectivity index (χ2v) is 9.25. The molecule has 9 nitrogen and oxygen atoms in total. The zero-order valence-corrected chi connectivity index (χ0v) is 17.8. The molecule has 0 radical (unpaired) electrons. The van der Waals surface area contributed by atoms with Gasteiger partial charge in [-0.25, -0.2) is 18.1 Å². The first-order valence-electron chi connectivity index (χ1n) is 10.0. The lowest BCUT2D eigenvalue weighted by Gasteiger charge is -2.22. The summed E-state index contributed by atoms with van der Waals surface area (Å²) in [6.07, 6.45) is 8.16. The van der Waals surface area contributed by atoms with E-state index in [4.69, 9.17) is 4.74 Å². The van der Waals surface area contributed by atoms with Gasteiger partial charge in [0, 0.05) is 31.8 Å². The minimum Gasteiger partial charge on any atom is -0.381 e. The van der Waals surface area contributed by atoms with Gasteiger partial charge in [-0.1, -0.05) is 12.1 Å². The molecule has 0 amide bonds. The van der Waals surface area contributed by atoms with Gasteiger partial charge in [0.25, 0.3) is 10.0 Å². The minimum atomic E-state index is -3.84. The van der Waals surface area contributed by atoms with Crippen LogP contribution in [0.4, 0.5) is 5.69 Å². The predicted molar refractivity (Wildman–Crippen MR) is 116 cm³/mol. The van der Waals surface area contributed by atoms with Gasteiger partial charge in [-0.3, -0.25) is 9.40 Å². The first-order chi connectivity index (χ1) is 15.0. The second kappa shape index (κ2) is 7.78. The zero-order valence-electron chi connectivity index (χ0n) is 17.0. The summed E-state index contributed by atoms with van der Waals surface area (Å²) >= 11 is 0. The average molecular weight is 439 g/mol. The highest BCUT2D eigenvalue weighted by atomic mass is 32.2. The Bertz CT molecular complexity index is 1340. The number of nitrogens with zero attached hydrogens (tertiary/aromatic N) is 5. The van der Waals surface area contributed by atoms with Crippen LogP contribution in [-0.4, -0.2) is 46.2 Å². The summed E-state index contributed by atoms with van der Waals surface area (Å²) in [6, 6.07) is 9.34. The van der Waals surface area contributed by atoms with E-state index < -0.39 is 10.0 Å². The number of aromatic nitrogens is 5. The number of pyridine rings is 1. The third-order valence-electron chi connectivity index (χ3n) is 5.57. The Morgan fingerprint density at radius 3 is 2.81 bits per heavy atom. The Morgan fingerprint density at radius 2 is 1.97 bits per heavy atom. The molecule has 1 aliphatic rings. The van der Waals surface area contributed by atoms with Crippen molar-refractivity contribution in [3.8, 4) is 5.82 Å². The fourth-order valence-corrected chi connectivity index (χ4v) is 4.93. The van der Waals surface area contributed by atoms with Crippen LogP contribution in [0.15, 0.2) is 60.0 Å². The van der Waals surface area contributed by atoms with Crippen LogP contribution in [0.5, 0.6) is 0 Å². The molecule has 31 heavy (non-hydrogen) atoms. The Morgan fingerprint density at radius 1 is 1.13 bits per heavy atom. The van der Waals surface area contributed by atoms with Crippen molar-refractivity contribution < 1.29 is 13.2 Å². The molecule has 1 fully saturated rings. The number of hydrogen-bond acceptors (Lipinski definition) is 6. The molecule has 160 valence electrons. The molecule has 1 aromatic carbocycles. The Hall–Kier alpha value is -3.24. The standard InChI is InChI=1S/C21H22N6O3S/c1-26-21-17(12-23-26)3-2-4-19(21)25-31(28,29)18-13-24-27(14-18)20-11-16(5-8-22-20)15-6-9-30-10-7-15/h2-5,8,11-15,25H,6-7,9-10H2,1H3. The van der Waals surface area contributed by atoms with Crippen LogP contribution in [0.2, 0.25) is 0 Å². The van der Waals surface area contributed by atoms with Crippen LogP contribution in [0, 0.1) is 0 Å². The molecule has 4 aromatic rings. The largest absolute Gasteiger partial charge is 0.381 e. The van der Waals surface area contributed by atoms with Crippen molar-refractivity contribution >= 4 is 26.6 Å². The molecule has 1 aliphatic heterocycles. The maximum absolute atomic E-state index is 13.0. The molecule has 0 spiro atoms. The van der Waals surface area contributed by atoms with Gasteiger partial charge in [-0.15, -0.1) is 0 Å². The van der Waals surface area contributed by atoms with E-state index in [2.05, 4.69) is 19.9 Å². The molecular formula is C21H22N6O3S. The molecule has 0 unspecified atom stereocenters. The fraction of sp³-hybridized carbons (Fsp3) is 0.286. The summed E-state index contributed by atoms with van der Waals surface area (Å²) < 4.78 is 37.2. The average Bonchev–Trinajstić information content (AvgIpc) is 3.43. The van der Waals surface area contributed by atoms with Gasteiger partial charge in [-0.05, 0) is 42.5 Å². The van der Waals surface area contributed by atoms with Crippen molar-refractivity contribution in [1.82, 2.24) is 24.5 Å². The summed E-state index contributed by atoms with van der Waals surface area (Å²) in [6.45, 7) is 1.50. The highest BCUT2D eigenvalue weighted by molar-refractivity contribution is 7.92.